The van der Waals surface area contributed by atoms with E-state index in [1.807, 2.05) is 0 Å². The SMILES string of the molecule is COC(=O)N1CCCN(C(=O)c2ccc3[nH]c(=O)[nH]c3c2)CC1. The van der Waals surface area contributed by atoms with Crippen LogP contribution in [-0.4, -0.2) is 65.1 Å². The van der Waals surface area contributed by atoms with Gasteiger partial charge in [-0.1, -0.05) is 0 Å². The monoisotopic (exact) mass is 318 g/mol. The maximum absolute atomic E-state index is 12.6. The topological polar surface area (TPSA) is 98.5 Å². The minimum Gasteiger partial charge on any atom is -0.453 e. The fraction of sp³-hybridized carbons (Fsp3) is 0.400. The van der Waals surface area contributed by atoms with Crippen molar-refractivity contribution in [3.05, 3.63) is 34.2 Å². The lowest BCUT2D eigenvalue weighted by atomic mass is 10.1. The predicted octanol–water partition coefficient (Wildman–Crippen LogP) is 0.771. The van der Waals surface area contributed by atoms with Gasteiger partial charge in [0, 0.05) is 31.7 Å². The summed E-state index contributed by atoms with van der Waals surface area (Å²) in [6, 6.07) is 5.06. The molecule has 1 fully saturated rings. The first-order chi connectivity index (χ1) is 11.1. The van der Waals surface area contributed by atoms with Crippen LogP contribution >= 0.6 is 0 Å². The van der Waals surface area contributed by atoms with Gasteiger partial charge >= 0.3 is 11.8 Å². The molecule has 1 aliphatic rings. The molecule has 8 heteroatoms. The van der Waals surface area contributed by atoms with Crippen LogP contribution in [0, 0.1) is 0 Å². The van der Waals surface area contributed by atoms with Crippen molar-refractivity contribution in [2.45, 2.75) is 6.42 Å². The van der Waals surface area contributed by atoms with Gasteiger partial charge in [0.2, 0.25) is 0 Å². The van der Waals surface area contributed by atoms with Gasteiger partial charge in [-0.05, 0) is 24.6 Å². The zero-order chi connectivity index (χ0) is 16.4. The lowest BCUT2D eigenvalue weighted by Gasteiger charge is -2.21. The summed E-state index contributed by atoms with van der Waals surface area (Å²) in [6.45, 7) is 2.05. The molecule has 122 valence electrons. The van der Waals surface area contributed by atoms with Gasteiger partial charge in [-0.15, -0.1) is 0 Å². The number of nitrogens with zero attached hydrogens (tertiary/aromatic N) is 2. The largest absolute Gasteiger partial charge is 0.453 e. The Bertz CT molecular complexity index is 794. The molecular formula is C15H18N4O4. The number of aromatic nitrogens is 2. The molecule has 1 saturated heterocycles. The molecule has 0 radical (unpaired) electrons. The van der Waals surface area contributed by atoms with Gasteiger partial charge in [-0.25, -0.2) is 9.59 Å². The fourth-order valence-electron chi connectivity index (χ4n) is 2.78. The van der Waals surface area contributed by atoms with Crippen LogP contribution in [0.5, 0.6) is 0 Å². The third kappa shape index (κ3) is 3.05. The van der Waals surface area contributed by atoms with Crippen molar-refractivity contribution in [3.63, 3.8) is 0 Å². The fourth-order valence-corrected chi connectivity index (χ4v) is 2.78. The highest BCUT2D eigenvalue weighted by Crippen LogP contribution is 2.14. The van der Waals surface area contributed by atoms with Crippen LogP contribution < -0.4 is 5.69 Å². The highest BCUT2D eigenvalue weighted by atomic mass is 16.5. The smallest absolute Gasteiger partial charge is 0.409 e. The molecule has 2 amide bonds. The van der Waals surface area contributed by atoms with Crippen LogP contribution in [0.3, 0.4) is 0 Å². The van der Waals surface area contributed by atoms with Crippen LogP contribution in [0.1, 0.15) is 16.8 Å². The van der Waals surface area contributed by atoms with E-state index in [2.05, 4.69) is 9.97 Å². The number of benzene rings is 1. The van der Waals surface area contributed by atoms with Crippen LogP contribution in [-0.2, 0) is 4.74 Å². The second-order valence-electron chi connectivity index (χ2n) is 5.44. The molecule has 2 N–H and O–H groups in total. The Labute approximate surface area is 132 Å². The zero-order valence-electron chi connectivity index (χ0n) is 12.8. The Kier molecular flexibility index (Phi) is 4.05. The number of carbonyl (C=O) groups excluding carboxylic acids is 2. The van der Waals surface area contributed by atoms with Crippen molar-refractivity contribution in [1.29, 1.82) is 0 Å². The number of H-pyrrole nitrogens is 2. The Hall–Kier alpha value is -2.77. The standard InChI is InChI=1S/C15H18N4O4/c1-23-15(22)19-6-2-5-18(7-8-19)13(20)10-3-4-11-12(9-10)17-14(21)16-11/h3-4,9H,2,5-8H2,1H3,(H2,16,17,21). The molecule has 2 aromatic rings. The van der Waals surface area contributed by atoms with Crippen molar-refractivity contribution in [2.24, 2.45) is 0 Å². The first kappa shape index (κ1) is 15.1. The van der Waals surface area contributed by atoms with Crippen molar-refractivity contribution in [2.75, 3.05) is 33.3 Å². The van der Waals surface area contributed by atoms with E-state index < -0.39 is 0 Å². The minimum absolute atomic E-state index is 0.110. The first-order valence-electron chi connectivity index (χ1n) is 7.42. The number of hydrogen-bond donors (Lipinski definition) is 2. The second kappa shape index (κ2) is 6.15. The van der Waals surface area contributed by atoms with Crippen LogP contribution in [0.25, 0.3) is 11.0 Å². The number of rotatable bonds is 1. The van der Waals surface area contributed by atoms with Crippen LogP contribution in [0.2, 0.25) is 0 Å². The Morgan fingerprint density at radius 1 is 1.04 bits per heavy atom. The van der Waals surface area contributed by atoms with E-state index in [1.54, 1.807) is 28.0 Å². The van der Waals surface area contributed by atoms with E-state index in [0.29, 0.717) is 49.2 Å². The zero-order valence-corrected chi connectivity index (χ0v) is 12.8. The van der Waals surface area contributed by atoms with Crippen molar-refractivity contribution >= 4 is 23.0 Å². The Balaban J connectivity index is 1.76. The summed E-state index contributed by atoms with van der Waals surface area (Å²) >= 11 is 0. The van der Waals surface area contributed by atoms with Crippen molar-refractivity contribution in [3.8, 4) is 0 Å². The van der Waals surface area contributed by atoms with Crippen molar-refractivity contribution < 1.29 is 14.3 Å². The lowest BCUT2D eigenvalue weighted by Crippen LogP contribution is -2.37. The van der Waals surface area contributed by atoms with Gasteiger partial charge in [0.15, 0.2) is 0 Å². The third-order valence-electron chi connectivity index (χ3n) is 3.98. The summed E-state index contributed by atoms with van der Waals surface area (Å²) in [5.74, 6) is -0.110. The number of fused-ring (bicyclic) bond motifs is 1. The molecule has 0 bridgehead atoms. The lowest BCUT2D eigenvalue weighted by molar-refractivity contribution is 0.0757. The number of amides is 2. The number of imidazole rings is 1. The first-order valence-corrected chi connectivity index (χ1v) is 7.42. The van der Waals surface area contributed by atoms with Crippen LogP contribution in [0.4, 0.5) is 4.79 Å². The van der Waals surface area contributed by atoms with E-state index in [9.17, 15) is 14.4 Å². The number of aromatic amines is 2. The third-order valence-corrected chi connectivity index (χ3v) is 3.98. The van der Waals surface area contributed by atoms with Gasteiger partial charge in [0.05, 0.1) is 18.1 Å². The molecule has 1 aromatic carbocycles. The van der Waals surface area contributed by atoms with E-state index in [-0.39, 0.29) is 17.7 Å². The van der Waals surface area contributed by atoms with Gasteiger partial charge in [-0.3, -0.25) is 4.79 Å². The van der Waals surface area contributed by atoms with E-state index in [1.165, 1.54) is 7.11 Å². The summed E-state index contributed by atoms with van der Waals surface area (Å²) in [6.07, 6.45) is 0.329. The van der Waals surface area contributed by atoms with E-state index >= 15 is 0 Å². The predicted molar refractivity (Wildman–Crippen MR) is 83.4 cm³/mol. The molecule has 0 aliphatic carbocycles. The van der Waals surface area contributed by atoms with Crippen LogP contribution in [0.15, 0.2) is 23.0 Å². The molecule has 0 spiro atoms. The summed E-state index contributed by atoms with van der Waals surface area (Å²) in [5.41, 5.74) is 1.48. The highest BCUT2D eigenvalue weighted by molar-refractivity contribution is 5.97. The quantitative estimate of drug-likeness (QED) is 0.811. The summed E-state index contributed by atoms with van der Waals surface area (Å²) in [7, 11) is 1.35. The Morgan fingerprint density at radius 3 is 2.52 bits per heavy atom. The molecule has 23 heavy (non-hydrogen) atoms. The van der Waals surface area contributed by atoms with Gasteiger partial charge < -0.3 is 24.5 Å². The number of carbonyl (C=O) groups is 2. The van der Waals surface area contributed by atoms with E-state index in [0.717, 1.165) is 0 Å². The number of methoxy groups -OCH3 is 1. The summed E-state index contributed by atoms with van der Waals surface area (Å²) in [4.78, 5) is 44.1. The van der Waals surface area contributed by atoms with Gasteiger partial charge in [0.25, 0.3) is 5.91 Å². The summed E-state index contributed by atoms with van der Waals surface area (Å²) < 4.78 is 4.72. The number of ether oxygens (including phenoxy) is 1. The average Bonchev–Trinajstić information content (AvgIpc) is 2.77. The van der Waals surface area contributed by atoms with Crippen molar-refractivity contribution in [1.82, 2.24) is 19.8 Å². The average molecular weight is 318 g/mol. The maximum atomic E-state index is 12.6. The minimum atomic E-state index is -0.370. The molecule has 2 heterocycles. The molecular weight excluding hydrogens is 300 g/mol. The molecule has 1 aliphatic heterocycles. The molecule has 0 atom stereocenters. The Morgan fingerprint density at radius 2 is 1.74 bits per heavy atom. The maximum Gasteiger partial charge on any atom is 0.409 e. The van der Waals surface area contributed by atoms with E-state index in [4.69, 9.17) is 4.74 Å². The number of hydrogen-bond acceptors (Lipinski definition) is 4. The molecule has 8 nitrogen and oxygen atoms in total. The normalized spacial score (nSPS) is 15.5. The van der Waals surface area contributed by atoms with Gasteiger partial charge in [0.1, 0.15) is 0 Å². The molecule has 0 saturated carbocycles. The van der Waals surface area contributed by atoms with Gasteiger partial charge in [-0.2, -0.15) is 0 Å². The number of nitrogens with one attached hydrogen (secondary N) is 2. The second-order valence-corrected chi connectivity index (χ2v) is 5.44. The molecule has 3 rings (SSSR count). The summed E-state index contributed by atoms with van der Waals surface area (Å²) in [5, 5.41) is 0. The molecule has 1 aromatic heterocycles. The highest BCUT2D eigenvalue weighted by Gasteiger charge is 2.23. The molecule has 0 unspecified atom stereocenters.